The molecule has 3 amide bonds. The number of ether oxygens (including phenoxy) is 1. The summed E-state index contributed by atoms with van der Waals surface area (Å²) < 4.78 is 4.88. The Morgan fingerprint density at radius 1 is 0.726 bits per heavy atom. The molecule has 2 saturated carbocycles. The summed E-state index contributed by atoms with van der Waals surface area (Å²) in [6, 6.07) is 29.7. The van der Waals surface area contributed by atoms with Gasteiger partial charge in [-0.25, -0.2) is 19.8 Å². The molecule has 0 unspecified atom stereocenters. The highest BCUT2D eigenvalue weighted by Crippen LogP contribution is 2.55. The molecule has 3 N–H and O–H groups in total. The molecular formula is C48H48N8O6. The molecule has 2 saturated heterocycles. The van der Waals surface area contributed by atoms with Crippen LogP contribution < -0.4 is 5.32 Å². The van der Waals surface area contributed by atoms with Gasteiger partial charge in [-0.3, -0.25) is 9.59 Å². The van der Waals surface area contributed by atoms with Crippen LogP contribution in [0.25, 0.3) is 22.1 Å². The molecule has 4 aliphatic rings. The lowest BCUT2D eigenvalue weighted by molar-refractivity contribution is -0.188. The Balaban J connectivity index is 0.800. The second-order valence-electron chi connectivity index (χ2n) is 16.8. The average Bonchev–Trinajstić information content (AvgIpc) is 3.96. The summed E-state index contributed by atoms with van der Waals surface area (Å²) in [5, 5.41) is 2.76. The van der Waals surface area contributed by atoms with Gasteiger partial charge < -0.3 is 34.7 Å². The second kappa shape index (κ2) is 16.6. The van der Waals surface area contributed by atoms with Crippen molar-refractivity contribution in [3.05, 3.63) is 143 Å². The van der Waals surface area contributed by atoms with Gasteiger partial charge in [-0.15, -0.1) is 0 Å². The van der Waals surface area contributed by atoms with Crippen molar-refractivity contribution in [1.29, 1.82) is 0 Å². The second-order valence-corrected chi connectivity index (χ2v) is 16.8. The van der Waals surface area contributed by atoms with E-state index in [1.807, 2.05) is 70.5 Å². The maximum absolute atomic E-state index is 14.2. The van der Waals surface area contributed by atoms with E-state index in [4.69, 9.17) is 24.5 Å². The molecule has 6 aromatic rings. The van der Waals surface area contributed by atoms with Crippen molar-refractivity contribution in [3.8, 4) is 0 Å². The number of benzene rings is 4. The molecule has 14 nitrogen and oxygen atoms in total. The quantitative estimate of drug-likeness (QED) is 0.0333. The number of fused-ring (bicyclic) bond motifs is 4. The highest BCUT2D eigenvalue weighted by molar-refractivity contribution is 5.88. The molecule has 4 fully saturated rings. The van der Waals surface area contributed by atoms with Crippen LogP contribution in [0, 0.1) is 11.8 Å². The number of allylic oxidation sites excluding steroid dienone is 2. The first kappa shape index (κ1) is 39.3. The number of carbonyl (C=O) groups is 3. The minimum Gasteiger partial charge on any atom is -0.453 e. The highest BCUT2D eigenvalue weighted by atomic mass is 17.2. The number of hydrogen-bond acceptors (Lipinski definition) is 9. The number of nitrogens with zero attached hydrogens (tertiary/aromatic N) is 5. The van der Waals surface area contributed by atoms with Crippen LogP contribution in [0.5, 0.6) is 0 Å². The number of H-pyrrole nitrogens is 2. The molecule has 4 aromatic carbocycles. The number of aliphatic imine (C=N–C) groups is 1. The molecule has 4 heterocycles. The van der Waals surface area contributed by atoms with Gasteiger partial charge in [0.05, 0.1) is 48.4 Å². The number of aromatic amines is 2. The van der Waals surface area contributed by atoms with Crippen LogP contribution in [0.2, 0.25) is 0 Å². The van der Waals surface area contributed by atoms with Crippen LogP contribution in [-0.4, -0.2) is 80.3 Å². The van der Waals surface area contributed by atoms with E-state index >= 15 is 0 Å². The molecule has 0 bridgehead atoms. The molecule has 62 heavy (non-hydrogen) atoms. The molecule has 10 rings (SSSR count). The SMILES string of the molecule is COO/C=N\[C@@H](C(=O)N1[C@H](c2nc3cc(C/C=C/Cc4ccc5[nH]c([C@@H]6C[C@@H]7C[C@@H]7N6C(=O)[C@H](NC(=O)OC)c6ccccc6)nc5c4)ccc3[nH]2)C[C@@H]2C[C@@H]21)c1ccccc1. The van der Waals surface area contributed by atoms with E-state index in [0.717, 1.165) is 88.9 Å². The van der Waals surface area contributed by atoms with Gasteiger partial charge in [0, 0.05) is 12.1 Å². The molecule has 2 aromatic heterocycles. The summed E-state index contributed by atoms with van der Waals surface area (Å²) in [6.07, 6.45) is 10.0. The lowest BCUT2D eigenvalue weighted by Crippen LogP contribution is -2.44. The van der Waals surface area contributed by atoms with Gasteiger partial charge in [-0.1, -0.05) is 84.9 Å². The van der Waals surface area contributed by atoms with E-state index in [0.29, 0.717) is 17.4 Å². The summed E-state index contributed by atoms with van der Waals surface area (Å²) in [6.45, 7) is 0. The summed E-state index contributed by atoms with van der Waals surface area (Å²) in [5.74, 6) is 2.20. The summed E-state index contributed by atoms with van der Waals surface area (Å²) in [5.41, 5.74) is 7.36. The minimum atomic E-state index is -0.861. The number of imidazole rings is 2. The maximum atomic E-state index is 14.2. The van der Waals surface area contributed by atoms with Gasteiger partial charge >= 0.3 is 6.09 Å². The Morgan fingerprint density at radius 2 is 1.26 bits per heavy atom. The zero-order chi connectivity index (χ0) is 42.3. The third-order valence-electron chi connectivity index (χ3n) is 12.9. The average molecular weight is 833 g/mol. The van der Waals surface area contributed by atoms with Crippen molar-refractivity contribution in [2.24, 2.45) is 16.8 Å². The fourth-order valence-corrected chi connectivity index (χ4v) is 9.64. The fraction of sp³-hybridized carbons (Fsp3) is 0.333. The van der Waals surface area contributed by atoms with E-state index in [9.17, 15) is 14.4 Å². The molecule has 0 radical (unpaired) electrons. The lowest BCUT2D eigenvalue weighted by atomic mass is 10.0. The van der Waals surface area contributed by atoms with Crippen molar-refractivity contribution in [3.63, 3.8) is 0 Å². The first-order valence-electron chi connectivity index (χ1n) is 21.3. The number of aromatic nitrogens is 4. The number of carbonyl (C=O) groups excluding carboxylic acids is 3. The third-order valence-corrected chi connectivity index (χ3v) is 12.9. The summed E-state index contributed by atoms with van der Waals surface area (Å²) >= 11 is 0. The highest BCUT2D eigenvalue weighted by Gasteiger charge is 2.57. The Morgan fingerprint density at radius 3 is 1.79 bits per heavy atom. The maximum Gasteiger partial charge on any atom is 0.407 e. The molecule has 2 aliphatic carbocycles. The predicted octanol–water partition coefficient (Wildman–Crippen LogP) is 7.55. The van der Waals surface area contributed by atoms with Crippen molar-refractivity contribution >= 4 is 46.4 Å². The summed E-state index contributed by atoms with van der Waals surface area (Å²) in [7, 11) is 2.70. The van der Waals surface area contributed by atoms with E-state index in [-0.39, 0.29) is 36.0 Å². The first-order valence-corrected chi connectivity index (χ1v) is 21.3. The third kappa shape index (κ3) is 7.70. The van der Waals surface area contributed by atoms with Crippen molar-refractivity contribution in [2.75, 3.05) is 14.2 Å². The Bertz CT molecular complexity index is 2680. The van der Waals surface area contributed by atoms with Crippen molar-refractivity contribution in [2.45, 2.75) is 74.8 Å². The minimum absolute atomic E-state index is 0.0763. The van der Waals surface area contributed by atoms with Gasteiger partial charge in [0.2, 0.25) is 6.40 Å². The largest absolute Gasteiger partial charge is 0.453 e. The van der Waals surface area contributed by atoms with Gasteiger partial charge in [0.1, 0.15) is 17.7 Å². The zero-order valence-corrected chi connectivity index (χ0v) is 34.5. The van der Waals surface area contributed by atoms with E-state index < -0.39 is 18.2 Å². The number of piperidine rings is 2. The van der Waals surface area contributed by atoms with Crippen LogP contribution in [0.15, 0.2) is 114 Å². The smallest absolute Gasteiger partial charge is 0.407 e. The number of likely N-dealkylation sites (tertiary alicyclic amines) is 2. The Labute approximate surface area is 358 Å². The van der Waals surface area contributed by atoms with E-state index in [1.165, 1.54) is 20.6 Å². The number of hydrogen-bond donors (Lipinski definition) is 3. The van der Waals surface area contributed by atoms with E-state index in [1.54, 1.807) is 0 Å². The number of methoxy groups -OCH3 is 1. The molecule has 2 aliphatic heterocycles. The fourth-order valence-electron chi connectivity index (χ4n) is 9.64. The number of nitrogens with one attached hydrogen (secondary N) is 3. The van der Waals surface area contributed by atoms with Gasteiger partial charge in [-0.2, -0.15) is 4.89 Å². The van der Waals surface area contributed by atoms with Gasteiger partial charge in [-0.05, 0) is 96.9 Å². The predicted molar refractivity (Wildman–Crippen MR) is 231 cm³/mol. The van der Waals surface area contributed by atoms with Crippen molar-refractivity contribution in [1.82, 2.24) is 35.1 Å². The van der Waals surface area contributed by atoms with E-state index in [2.05, 4.69) is 68.8 Å². The van der Waals surface area contributed by atoms with Gasteiger partial charge in [0.15, 0.2) is 6.04 Å². The Kier molecular flexibility index (Phi) is 10.5. The standard InChI is InChI=1S/C48H48N8O6/c1-60-48(59)54-43(31-15-7-4-8-16-31)47(58)56-39-24-33(39)26-41(56)45-51-35-20-18-29(22-37(35)53-45)12-10-9-11-28-17-19-34-36(21-28)52-44(50-34)40-25-32-23-38(32)55(40)46(57)42(49-27-62-61-2)30-13-5-3-6-14-30/h3-10,13-22,27,32-33,38-43H,11-12,23-26H2,1-2H3,(H,50,52)(H,51,53)(H,54,59)/b10-9+,49-27-/t32-,33-,38-,39-,40-,41-,42+,43+/m0/s1. The van der Waals surface area contributed by atoms with Crippen LogP contribution in [0.3, 0.4) is 0 Å². The normalized spacial score (nSPS) is 23.5. The van der Waals surface area contributed by atoms with Crippen LogP contribution in [0.4, 0.5) is 4.79 Å². The monoisotopic (exact) mass is 832 g/mol. The number of alkyl carbamates (subject to hydrolysis) is 1. The molecule has 8 atom stereocenters. The first-order chi connectivity index (χ1) is 30.4. The van der Waals surface area contributed by atoms with Gasteiger partial charge in [0.25, 0.3) is 11.8 Å². The molecule has 14 heteroatoms. The topological polar surface area (TPSA) is 167 Å². The molecule has 316 valence electrons. The lowest BCUT2D eigenvalue weighted by Gasteiger charge is -2.30. The van der Waals surface area contributed by atoms with Crippen molar-refractivity contribution < 1.29 is 28.9 Å². The van der Waals surface area contributed by atoms with Crippen LogP contribution >= 0.6 is 0 Å². The van der Waals surface area contributed by atoms with Crippen LogP contribution in [-0.2, 0) is 36.9 Å². The van der Waals surface area contributed by atoms with Crippen LogP contribution in [0.1, 0.15) is 83.8 Å². The number of rotatable bonds is 14. The molecular weight excluding hydrogens is 785 g/mol. The number of amides is 3. The summed E-state index contributed by atoms with van der Waals surface area (Å²) in [4.78, 5) is 75.7. The molecule has 0 spiro atoms. The zero-order valence-electron chi connectivity index (χ0n) is 34.5. The Hall–Kier alpha value is -6.80.